The second-order valence-corrected chi connectivity index (χ2v) is 9.76. The predicted octanol–water partition coefficient (Wildman–Crippen LogP) is 3.86. The van der Waals surface area contributed by atoms with Crippen LogP contribution in [0.5, 0.6) is 5.75 Å². The van der Waals surface area contributed by atoms with Gasteiger partial charge in [0.1, 0.15) is 11.8 Å². The average Bonchev–Trinajstić information content (AvgIpc) is 3.66. The molecule has 0 aromatic heterocycles. The minimum Gasteiger partial charge on any atom is -0.406 e. The highest BCUT2D eigenvalue weighted by Gasteiger charge is 2.52. The third-order valence-corrected chi connectivity index (χ3v) is 7.20. The van der Waals surface area contributed by atoms with Gasteiger partial charge in [-0.1, -0.05) is 42.0 Å². The summed E-state index contributed by atoms with van der Waals surface area (Å²) in [6, 6.07) is 12.9. The fourth-order valence-corrected chi connectivity index (χ4v) is 4.81. The molecule has 194 valence electrons. The molecule has 2 aromatic rings. The molecule has 9 heteroatoms. The van der Waals surface area contributed by atoms with Crippen molar-refractivity contribution in [2.24, 2.45) is 0 Å². The first-order valence-electron chi connectivity index (χ1n) is 12.3. The van der Waals surface area contributed by atoms with Crippen LogP contribution in [0.3, 0.4) is 0 Å². The van der Waals surface area contributed by atoms with Gasteiger partial charge in [-0.2, -0.15) is 0 Å². The van der Waals surface area contributed by atoms with Gasteiger partial charge < -0.3 is 20.3 Å². The van der Waals surface area contributed by atoms with Crippen LogP contribution in [-0.4, -0.2) is 55.3 Å². The summed E-state index contributed by atoms with van der Waals surface area (Å²) in [6.07, 6.45) is -1.57. The second kappa shape index (κ2) is 10.5. The molecule has 2 N–H and O–H groups in total. The third-order valence-electron chi connectivity index (χ3n) is 7.20. The molecular weight excluding hydrogens is 471 g/mol. The normalized spacial score (nSPS) is 18.4. The van der Waals surface area contributed by atoms with E-state index in [4.69, 9.17) is 0 Å². The Hall–Kier alpha value is -3.07. The van der Waals surface area contributed by atoms with Crippen molar-refractivity contribution >= 4 is 11.8 Å². The zero-order valence-corrected chi connectivity index (χ0v) is 20.5. The highest BCUT2D eigenvalue weighted by atomic mass is 19.4. The number of piperidine rings is 1. The molecule has 1 aliphatic carbocycles. The number of halogens is 3. The second-order valence-electron chi connectivity index (χ2n) is 9.76. The van der Waals surface area contributed by atoms with E-state index in [1.54, 1.807) is 0 Å². The van der Waals surface area contributed by atoms with E-state index >= 15 is 0 Å². The van der Waals surface area contributed by atoms with Gasteiger partial charge in [-0.25, -0.2) is 0 Å². The molecule has 1 atom stereocenters. The maximum atomic E-state index is 13.5. The van der Waals surface area contributed by atoms with Gasteiger partial charge in [-0.05, 0) is 62.9 Å². The number of carbonyl (C=O) groups is 2. The largest absolute Gasteiger partial charge is 0.573 e. The Bertz CT molecular complexity index is 1060. The molecule has 2 aliphatic rings. The average molecular weight is 504 g/mol. The zero-order chi connectivity index (χ0) is 25.9. The van der Waals surface area contributed by atoms with Gasteiger partial charge in [-0.3, -0.25) is 9.59 Å². The van der Waals surface area contributed by atoms with E-state index in [9.17, 15) is 22.8 Å². The first kappa shape index (κ1) is 26.0. The van der Waals surface area contributed by atoms with Gasteiger partial charge in [-0.15, -0.1) is 13.2 Å². The van der Waals surface area contributed by atoms with Crippen molar-refractivity contribution in [2.45, 2.75) is 62.9 Å². The number of likely N-dealkylation sites (tertiary alicyclic amines) is 1. The van der Waals surface area contributed by atoms with E-state index < -0.39 is 17.8 Å². The predicted molar refractivity (Wildman–Crippen MR) is 130 cm³/mol. The van der Waals surface area contributed by atoms with Crippen LogP contribution in [0.15, 0.2) is 48.5 Å². The van der Waals surface area contributed by atoms with Gasteiger partial charge in [0.25, 0.3) is 0 Å². The Morgan fingerprint density at radius 3 is 2.19 bits per heavy atom. The number of rotatable bonds is 8. The van der Waals surface area contributed by atoms with Crippen molar-refractivity contribution in [1.29, 1.82) is 0 Å². The van der Waals surface area contributed by atoms with Crippen LogP contribution in [0.4, 0.5) is 13.2 Å². The third kappa shape index (κ3) is 6.19. The van der Waals surface area contributed by atoms with Crippen molar-refractivity contribution in [3.8, 4) is 5.75 Å². The lowest BCUT2D eigenvalue weighted by atomic mass is 9.93. The van der Waals surface area contributed by atoms with Crippen LogP contribution in [-0.2, 0) is 21.4 Å². The molecule has 0 bridgehead atoms. The van der Waals surface area contributed by atoms with Gasteiger partial charge in [0.05, 0.1) is 5.41 Å². The summed E-state index contributed by atoms with van der Waals surface area (Å²) >= 11 is 0. The van der Waals surface area contributed by atoms with E-state index in [1.807, 2.05) is 43.1 Å². The minimum absolute atomic E-state index is 0.108. The molecular formula is C27H32F3N3O3. The smallest absolute Gasteiger partial charge is 0.406 e. The lowest BCUT2D eigenvalue weighted by molar-refractivity contribution is -0.274. The summed E-state index contributed by atoms with van der Waals surface area (Å²) in [5.41, 5.74) is 1.82. The summed E-state index contributed by atoms with van der Waals surface area (Å²) in [6.45, 7) is 3.23. The van der Waals surface area contributed by atoms with E-state index in [1.165, 1.54) is 24.3 Å². The van der Waals surface area contributed by atoms with Gasteiger partial charge in [0, 0.05) is 25.6 Å². The zero-order valence-electron chi connectivity index (χ0n) is 20.5. The van der Waals surface area contributed by atoms with Crippen molar-refractivity contribution in [2.75, 3.05) is 20.1 Å². The number of hydrogen-bond donors (Lipinski definition) is 2. The van der Waals surface area contributed by atoms with Crippen LogP contribution >= 0.6 is 0 Å². The van der Waals surface area contributed by atoms with Crippen LogP contribution < -0.4 is 15.4 Å². The molecule has 1 aliphatic heterocycles. The van der Waals surface area contributed by atoms with Crippen molar-refractivity contribution < 1.29 is 27.5 Å². The highest BCUT2D eigenvalue weighted by molar-refractivity contribution is 5.95. The number of amides is 2. The maximum absolute atomic E-state index is 13.5. The van der Waals surface area contributed by atoms with E-state index in [2.05, 4.69) is 15.4 Å². The SMILES string of the molecule is CNC1CCN(C(=O)[C@H](Cc2ccc(C)cc2)NC(=O)C2(c3ccc(OC(F)(F)F)cc3)CC2)CC1. The van der Waals surface area contributed by atoms with Gasteiger partial charge >= 0.3 is 6.36 Å². The molecule has 36 heavy (non-hydrogen) atoms. The highest BCUT2D eigenvalue weighted by Crippen LogP contribution is 2.49. The number of benzene rings is 2. The summed E-state index contributed by atoms with van der Waals surface area (Å²) < 4.78 is 41.5. The van der Waals surface area contributed by atoms with Crippen LogP contribution in [0.2, 0.25) is 0 Å². The molecule has 2 fully saturated rings. The number of ether oxygens (including phenoxy) is 1. The molecule has 2 aromatic carbocycles. The Labute approximate surface area is 209 Å². The molecule has 4 rings (SSSR count). The first-order chi connectivity index (χ1) is 17.1. The van der Waals surface area contributed by atoms with Crippen LogP contribution in [0.25, 0.3) is 0 Å². The van der Waals surface area contributed by atoms with Crippen molar-refractivity contribution in [3.05, 3.63) is 65.2 Å². The Morgan fingerprint density at radius 2 is 1.67 bits per heavy atom. The minimum atomic E-state index is -4.78. The Kier molecular flexibility index (Phi) is 7.59. The van der Waals surface area contributed by atoms with Crippen molar-refractivity contribution in [3.63, 3.8) is 0 Å². The molecule has 1 heterocycles. The van der Waals surface area contributed by atoms with E-state index in [0.29, 0.717) is 44.0 Å². The quantitative estimate of drug-likeness (QED) is 0.574. The molecule has 2 amide bonds. The maximum Gasteiger partial charge on any atom is 0.573 e. The summed E-state index contributed by atoms with van der Waals surface area (Å²) in [5, 5.41) is 6.25. The lowest BCUT2D eigenvalue weighted by Gasteiger charge is -2.34. The Morgan fingerprint density at radius 1 is 1.06 bits per heavy atom. The van der Waals surface area contributed by atoms with E-state index in [0.717, 1.165) is 24.0 Å². The summed E-state index contributed by atoms with van der Waals surface area (Å²) in [5.74, 6) is -0.717. The molecule has 0 spiro atoms. The standard InChI is InChI=1S/C27H32F3N3O3/c1-18-3-5-19(6-4-18)17-23(24(34)33-15-11-21(31-2)12-16-33)32-25(35)26(13-14-26)20-7-9-22(10-8-20)36-27(28,29)30/h3-10,21,23,31H,11-17H2,1-2H3,(H,32,35)/t23-/m0/s1. The van der Waals surface area contributed by atoms with E-state index in [-0.39, 0.29) is 17.6 Å². The number of nitrogens with zero attached hydrogens (tertiary/aromatic N) is 1. The first-order valence-corrected chi connectivity index (χ1v) is 12.3. The molecule has 0 radical (unpaired) electrons. The number of hydrogen-bond acceptors (Lipinski definition) is 4. The lowest BCUT2D eigenvalue weighted by Crippen LogP contribution is -2.54. The molecule has 1 saturated carbocycles. The van der Waals surface area contributed by atoms with Crippen molar-refractivity contribution in [1.82, 2.24) is 15.5 Å². The molecule has 0 unspecified atom stereocenters. The fourth-order valence-electron chi connectivity index (χ4n) is 4.81. The fraction of sp³-hybridized carbons (Fsp3) is 0.481. The van der Waals surface area contributed by atoms with Crippen LogP contribution in [0, 0.1) is 6.92 Å². The summed E-state index contributed by atoms with van der Waals surface area (Å²) in [7, 11) is 1.92. The molecule has 6 nitrogen and oxygen atoms in total. The number of nitrogens with one attached hydrogen (secondary N) is 2. The number of alkyl halides is 3. The Balaban J connectivity index is 1.50. The number of carbonyl (C=O) groups excluding carboxylic acids is 2. The van der Waals surface area contributed by atoms with Gasteiger partial charge in [0.2, 0.25) is 11.8 Å². The van der Waals surface area contributed by atoms with Gasteiger partial charge in [0.15, 0.2) is 0 Å². The topological polar surface area (TPSA) is 70.7 Å². The van der Waals surface area contributed by atoms with Crippen LogP contribution in [0.1, 0.15) is 42.4 Å². The monoisotopic (exact) mass is 503 g/mol. The number of aryl methyl sites for hydroxylation is 1. The molecule has 1 saturated heterocycles. The summed E-state index contributed by atoms with van der Waals surface area (Å²) in [4.78, 5) is 28.8.